The van der Waals surface area contributed by atoms with Gasteiger partial charge in [0.05, 0.1) is 0 Å². The topological polar surface area (TPSA) is 24.9 Å². The van der Waals surface area contributed by atoms with Gasteiger partial charge in [-0.25, -0.2) is 8.78 Å². The molecule has 0 aliphatic rings. The third-order valence-corrected chi connectivity index (χ3v) is 2.85. The van der Waals surface area contributed by atoms with Crippen LogP contribution in [0, 0.1) is 11.6 Å². The highest BCUT2D eigenvalue weighted by Crippen LogP contribution is 2.15. The van der Waals surface area contributed by atoms with E-state index in [1.807, 2.05) is 19.1 Å². The lowest BCUT2D eigenvalue weighted by Crippen LogP contribution is -2.19. The van der Waals surface area contributed by atoms with Gasteiger partial charge in [0.1, 0.15) is 11.6 Å². The maximum Gasteiger partial charge on any atom is 0.130 e. The summed E-state index contributed by atoms with van der Waals surface area (Å²) in [6, 6.07) is 7.63. The highest BCUT2D eigenvalue weighted by atomic mass is 19.1. The summed E-state index contributed by atoms with van der Waals surface area (Å²) in [4.78, 5) is 3.93. The zero-order valence-corrected chi connectivity index (χ0v) is 10.0. The molecule has 2 nitrogen and oxygen atoms in total. The summed E-state index contributed by atoms with van der Waals surface area (Å²) in [6.07, 6.45) is 3.38. The Bertz CT molecular complexity index is 494. The normalized spacial score (nSPS) is 12.4. The fourth-order valence-corrected chi connectivity index (χ4v) is 1.73. The van der Waals surface area contributed by atoms with E-state index in [-0.39, 0.29) is 18.2 Å². The summed E-state index contributed by atoms with van der Waals surface area (Å²) in [5.74, 6) is -1.05. The Kier molecular flexibility index (Phi) is 3.99. The first-order valence-corrected chi connectivity index (χ1v) is 5.74. The van der Waals surface area contributed by atoms with Crippen molar-refractivity contribution in [2.75, 3.05) is 0 Å². The summed E-state index contributed by atoms with van der Waals surface area (Å²) < 4.78 is 26.8. The smallest absolute Gasteiger partial charge is 0.130 e. The zero-order valence-electron chi connectivity index (χ0n) is 10.0. The predicted molar refractivity (Wildman–Crippen MR) is 65.8 cm³/mol. The number of rotatable bonds is 4. The first kappa shape index (κ1) is 12.6. The van der Waals surface area contributed by atoms with Crippen LogP contribution < -0.4 is 5.32 Å². The Morgan fingerprint density at radius 3 is 2.33 bits per heavy atom. The quantitative estimate of drug-likeness (QED) is 0.898. The van der Waals surface area contributed by atoms with Gasteiger partial charge in [0.25, 0.3) is 0 Å². The SMILES string of the molecule is C[C@H](NCc1c(F)cccc1F)c1ccncc1. The second-order valence-corrected chi connectivity index (χ2v) is 4.08. The van der Waals surface area contributed by atoms with Gasteiger partial charge in [-0.15, -0.1) is 0 Å². The molecule has 94 valence electrons. The summed E-state index contributed by atoms with van der Waals surface area (Å²) in [5, 5.41) is 3.09. The van der Waals surface area contributed by atoms with Gasteiger partial charge < -0.3 is 5.32 Å². The molecule has 0 bridgehead atoms. The van der Waals surface area contributed by atoms with E-state index < -0.39 is 11.6 Å². The van der Waals surface area contributed by atoms with Crippen LogP contribution in [0.4, 0.5) is 8.78 Å². The van der Waals surface area contributed by atoms with Gasteiger partial charge in [-0.2, -0.15) is 0 Å². The first-order chi connectivity index (χ1) is 8.68. The van der Waals surface area contributed by atoms with Crippen LogP contribution in [0.2, 0.25) is 0 Å². The first-order valence-electron chi connectivity index (χ1n) is 5.74. The number of aromatic nitrogens is 1. The second-order valence-electron chi connectivity index (χ2n) is 4.08. The summed E-state index contributed by atoms with van der Waals surface area (Å²) in [7, 11) is 0. The highest BCUT2D eigenvalue weighted by Gasteiger charge is 2.10. The van der Waals surface area contributed by atoms with E-state index in [1.54, 1.807) is 12.4 Å². The van der Waals surface area contributed by atoms with Crippen molar-refractivity contribution in [2.45, 2.75) is 19.5 Å². The minimum absolute atomic E-state index is 0.00649. The largest absolute Gasteiger partial charge is 0.306 e. The third-order valence-electron chi connectivity index (χ3n) is 2.85. The van der Waals surface area contributed by atoms with Gasteiger partial charge in [0, 0.05) is 30.5 Å². The van der Waals surface area contributed by atoms with Gasteiger partial charge in [0.15, 0.2) is 0 Å². The highest BCUT2D eigenvalue weighted by molar-refractivity contribution is 5.20. The fraction of sp³-hybridized carbons (Fsp3) is 0.214. The van der Waals surface area contributed by atoms with Crippen molar-refractivity contribution >= 4 is 0 Å². The monoisotopic (exact) mass is 248 g/mol. The Hall–Kier alpha value is -1.81. The van der Waals surface area contributed by atoms with Crippen molar-refractivity contribution in [3.63, 3.8) is 0 Å². The fourth-order valence-electron chi connectivity index (χ4n) is 1.73. The molecule has 0 aliphatic heterocycles. The third kappa shape index (κ3) is 2.90. The Morgan fingerprint density at radius 1 is 1.11 bits per heavy atom. The molecule has 4 heteroatoms. The molecule has 1 atom stereocenters. The average molecular weight is 248 g/mol. The van der Waals surface area contributed by atoms with Crippen LogP contribution in [0.5, 0.6) is 0 Å². The van der Waals surface area contributed by atoms with E-state index in [4.69, 9.17) is 0 Å². The number of hydrogen-bond acceptors (Lipinski definition) is 2. The molecule has 0 aliphatic carbocycles. The predicted octanol–water partition coefficient (Wildman–Crippen LogP) is 3.21. The lowest BCUT2D eigenvalue weighted by molar-refractivity contribution is 0.509. The van der Waals surface area contributed by atoms with E-state index in [1.165, 1.54) is 18.2 Å². The standard InChI is InChI=1S/C14H14F2N2/c1-10(11-5-7-17-8-6-11)18-9-12-13(15)3-2-4-14(12)16/h2-8,10,18H,9H2,1H3/t10-/m0/s1. The molecule has 0 saturated carbocycles. The van der Waals surface area contributed by atoms with E-state index in [2.05, 4.69) is 10.3 Å². The van der Waals surface area contributed by atoms with Crippen molar-refractivity contribution in [1.29, 1.82) is 0 Å². The molecule has 0 saturated heterocycles. The van der Waals surface area contributed by atoms with Crippen molar-refractivity contribution in [3.05, 3.63) is 65.5 Å². The van der Waals surface area contributed by atoms with E-state index >= 15 is 0 Å². The summed E-state index contributed by atoms with van der Waals surface area (Å²) in [6.45, 7) is 2.09. The molecule has 2 aromatic rings. The van der Waals surface area contributed by atoms with Gasteiger partial charge in [-0.1, -0.05) is 6.07 Å². The zero-order chi connectivity index (χ0) is 13.0. The van der Waals surface area contributed by atoms with E-state index in [9.17, 15) is 8.78 Å². The molecule has 1 aromatic heterocycles. The summed E-state index contributed by atoms with van der Waals surface area (Å²) >= 11 is 0. The minimum Gasteiger partial charge on any atom is -0.306 e. The van der Waals surface area contributed by atoms with Gasteiger partial charge >= 0.3 is 0 Å². The van der Waals surface area contributed by atoms with Crippen molar-refractivity contribution in [3.8, 4) is 0 Å². The molecule has 1 aromatic carbocycles. The van der Waals surface area contributed by atoms with Gasteiger partial charge in [-0.05, 0) is 36.8 Å². The van der Waals surface area contributed by atoms with Gasteiger partial charge in [-0.3, -0.25) is 4.98 Å². The minimum atomic E-state index is -0.524. The number of nitrogens with zero attached hydrogens (tertiary/aromatic N) is 1. The number of halogens is 2. The molecule has 0 radical (unpaired) electrons. The van der Waals surface area contributed by atoms with Crippen LogP contribution >= 0.6 is 0 Å². The average Bonchev–Trinajstić information content (AvgIpc) is 2.39. The lowest BCUT2D eigenvalue weighted by Gasteiger charge is -2.14. The van der Waals surface area contributed by atoms with Gasteiger partial charge in [0.2, 0.25) is 0 Å². The van der Waals surface area contributed by atoms with E-state index in [0.717, 1.165) is 5.56 Å². The number of nitrogens with one attached hydrogen (secondary N) is 1. The van der Waals surface area contributed by atoms with Crippen LogP contribution in [-0.4, -0.2) is 4.98 Å². The Balaban J connectivity index is 2.04. The molecular weight excluding hydrogens is 234 g/mol. The van der Waals surface area contributed by atoms with Crippen LogP contribution in [-0.2, 0) is 6.54 Å². The molecule has 1 N–H and O–H groups in total. The number of pyridine rings is 1. The summed E-state index contributed by atoms with van der Waals surface area (Å²) in [5.41, 5.74) is 1.10. The van der Waals surface area contributed by atoms with Crippen LogP contribution in [0.15, 0.2) is 42.7 Å². The maximum absolute atomic E-state index is 13.4. The van der Waals surface area contributed by atoms with Crippen LogP contribution in [0.3, 0.4) is 0 Å². The molecule has 0 spiro atoms. The second kappa shape index (κ2) is 5.69. The van der Waals surface area contributed by atoms with Crippen molar-refractivity contribution in [2.24, 2.45) is 0 Å². The molecule has 0 amide bonds. The molecule has 1 heterocycles. The number of hydrogen-bond donors (Lipinski definition) is 1. The maximum atomic E-state index is 13.4. The molecule has 2 rings (SSSR count). The Morgan fingerprint density at radius 2 is 1.72 bits per heavy atom. The van der Waals surface area contributed by atoms with E-state index in [0.29, 0.717) is 0 Å². The molecule has 18 heavy (non-hydrogen) atoms. The molecule has 0 fully saturated rings. The number of benzene rings is 1. The molecule has 0 unspecified atom stereocenters. The van der Waals surface area contributed by atoms with Crippen LogP contribution in [0.1, 0.15) is 24.1 Å². The Labute approximate surface area is 105 Å². The van der Waals surface area contributed by atoms with Crippen molar-refractivity contribution < 1.29 is 8.78 Å². The molecular formula is C14H14F2N2. The lowest BCUT2D eigenvalue weighted by atomic mass is 10.1. The van der Waals surface area contributed by atoms with Crippen LogP contribution in [0.25, 0.3) is 0 Å². The van der Waals surface area contributed by atoms with Crippen molar-refractivity contribution in [1.82, 2.24) is 10.3 Å².